The van der Waals surface area contributed by atoms with Crippen molar-refractivity contribution in [1.29, 1.82) is 0 Å². The van der Waals surface area contributed by atoms with E-state index in [1.807, 2.05) is 19.1 Å². The second-order valence-electron chi connectivity index (χ2n) is 6.75. The van der Waals surface area contributed by atoms with Gasteiger partial charge in [0, 0.05) is 20.5 Å². The molecule has 0 aromatic rings. The molecule has 128 valence electrons. The van der Waals surface area contributed by atoms with E-state index in [4.69, 9.17) is 18.9 Å². The van der Waals surface area contributed by atoms with Crippen molar-refractivity contribution >= 4 is 11.8 Å². The third-order valence-electron chi connectivity index (χ3n) is 5.25. The van der Waals surface area contributed by atoms with Crippen molar-refractivity contribution in [3.63, 3.8) is 0 Å². The van der Waals surface area contributed by atoms with E-state index in [1.165, 1.54) is 6.92 Å². The monoisotopic (exact) mass is 324 g/mol. The van der Waals surface area contributed by atoms with E-state index in [9.17, 15) is 9.59 Å². The molecule has 1 saturated carbocycles. The van der Waals surface area contributed by atoms with Gasteiger partial charge in [-0.25, -0.2) is 0 Å². The fourth-order valence-electron chi connectivity index (χ4n) is 3.88. The molecule has 3 fully saturated rings. The molecular formula is C17H24O6. The summed E-state index contributed by atoms with van der Waals surface area (Å²) >= 11 is 0. The molecule has 0 amide bonds. The minimum Gasteiger partial charge on any atom is -0.462 e. The lowest BCUT2D eigenvalue weighted by molar-refractivity contribution is -0.142. The summed E-state index contributed by atoms with van der Waals surface area (Å²) in [6.07, 6.45) is 5.33. The first kappa shape index (κ1) is 16.6. The molecule has 0 radical (unpaired) electrons. The molecule has 2 saturated heterocycles. The van der Waals surface area contributed by atoms with Crippen LogP contribution in [0.4, 0.5) is 0 Å². The molecule has 6 heteroatoms. The fourth-order valence-corrected chi connectivity index (χ4v) is 3.88. The molecule has 2 heterocycles. The zero-order chi connectivity index (χ0) is 16.7. The highest BCUT2D eigenvalue weighted by molar-refractivity contribution is 5.85. The average Bonchev–Trinajstić information content (AvgIpc) is 3.40. The van der Waals surface area contributed by atoms with Crippen LogP contribution in [0.1, 0.15) is 33.1 Å². The number of methoxy groups -OCH3 is 1. The maximum atomic E-state index is 12.2. The Hall–Kier alpha value is -1.24. The molecule has 5 atom stereocenters. The summed E-state index contributed by atoms with van der Waals surface area (Å²) in [7, 11) is 1.58. The zero-order valence-corrected chi connectivity index (χ0v) is 13.9. The highest BCUT2D eigenvalue weighted by Crippen LogP contribution is 2.58. The van der Waals surface area contributed by atoms with Gasteiger partial charge in [0.25, 0.3) is 0 Å². The molecule has 3 rings (SSSR count). The van der Waals surface area contributed by atoms with Crippen LogP contribution in [-0.2, 0) is 28.5 Å². The Morgan fingerprint density at radius 2 is 2.17 bits per heavy atom. The number of ketones is 1. The normalized spacial score (nSPS) is 42.2. The average molecular weight is 324 g/mol. The molecule has 0 bridgehead atoms. The van der Waals surface area contributed by atoms with Crippen LogP contribution in [0.5, 0.6) is 0 Å². The summed E-state index contributed by atoms with van der Waals surface area (Å²) in [5.41, 5.74) is -0.654. The third kappa shape index (κ3) is 3.07. The van der Waals surface area contributed by atoms with Crippen LogP contribution < -0.4 is 0 Å². The third-order valence-corrected chi connectivity index (χ3v) is 5.25. The van der Waals surface area contributed by atoms with Gasteiger partial charge in [-0.2, -0.15) is 0 Å². The summed E-state index contributed by atoms with van der Waals surface area (Å²) in [6, 6.07) is 0. The number of carbonyl (C=O) groups is 2. The molecule has 1 aliphatic carbocycles. The van der Waals surface area contributed by atoms with Crippen LogP contribution in [0, 0.1) is 5.92 Å². The summed E-state index contributed by atoms with van der Waals surface area (Å²) in [6.45, 7) is 4.37. The van der Waals surface area contributed by atoms with Gasteiger partial charge in [0.15, 0.2) is 5.78 Å². The first-order valence-electron chi connectivity index (χ1n) is 8.08. The molecule has 0 aromatic carbocycles. The first-order chi connectivity index (χ1) is 10.9. The van der Waals surface area contributed by atoms with Crippen LogP contribution in [-0.4, -0.2) is 55.5 Å². The second-order valence-corrected chi connectivity index (χ2v) is 6.75. The number of ether oxygens (including phenoxy) is 4. The second kappa shape index (κ2) is 6.00. The van der Waals surface area contributed by atoms with E-state index in [1.54, 1.807) is 7.11 Å². The Morgan fingerprint density at radius 1 is 1.43 bits per heavy atom. The van der Waals surface area contributed by atoms with E-state index >= 15 is 0 Å². The number of Topliss-reactive ketones (excluding diaryl/α,β-unsaturated/α-hetero) is 1. The first-order valence-corrected chi connectivity index (χ1v) is 8.08. The van der Waals surface area contributed by atoms with Crippen molar-refractivity contribution in [3.05, 3.63) is 12.2 Å². The lowest BCUT2D eigenvalue weighted by Crippen LogP contribution is -2.52. The smallest absolute Gasteiger partial charge is 0.302 e. The Kier molecular flexibility index (Phi) is 4.33. The van der Waals surface area contributed by atoms with Crippen molar-refractivity contribution in [2.75, 3.05) is 20.3 Å². The SMILES string of the molecule is CO[C@@H]1C(=O)CC[C@]2(CO2)[C@H]1C1(C)O[C@@H]1CC=CCOC(C)=O. The van der Waals surface area contributed by atoms with Crippen molar-refractivity contribution in [2.45, 2.75) is 56.5 Å². The molecule has 23 heavy (non-hydrogen) atoms. The molecular weight excluding hydrogens is 300 g/mol. The number of epoxide rings is 2. The van der Waals surface area contributed by atoms with E-state index in [0.29, 0.717) is 13.0 Å². The quantitative estimate of drug-likeness (QED) is 0.418. The van der Waals surface area contributed by atoms with Crippen LogP contribution in [0.25, 0.3) is 0 Å². The fraction of sp³-hybridized carbons (Fsp3) is 0.765. The Morgan fingerprint density at radius 3 is 2.78 bits per heavy atom. The largest absolute Gasteiger partial charge is 0.462 e. The highest BCUT2D eigenvalue weighted by atomic mass is 16.6. The molecule has 1 unspecified atom stereocenters. The van der Waals surface area contributed by atoms with Gasteiger partial charge in [-0.15, -0.1) is 0 Å². The Bertz CT molecular complexity index is 523. The molecule has 3 aliphatic rings. The number of hydrogen-bond acceptors (Lipinski definition) is 6. The van der Waals surface area contributed by atoms with E-state index in [0.717, 1.165) is 12.8 Å². The zero-order valence-electron chi connectivity index (χ0n) is 13.9. The number of carbonyl (C=O) groups excluding carboxylic acids is 2. The molecule has 0 N–H and O–H groups in total. The van der Waals surface area contributed by atoms with Gasteiger partial charge in [-0.05, 0) is 19.8 Å². The van der Waals surface area contributed by atoms with Gasteiger partial charge in [-0.3, -0.25) is 9.59 Å². The summed E-state index contributed by atoms with van der Waals surface area (Å²) in [5, 5.41) is 0. The van der Waals surface area contributed by atoms with Crippen LogP contribution in [0.2, 0.25) is 0 Å². The topological polar surface area (TPSA) is 77.7 Å². The minimum atomic E-state index is -0.453. The lowest BCUT2D eigenvalue weighted by atomic mass is 9.69. The van der Waals surface area contributed by atoms with Gasteiger partial charge in [0.1, 0.15) is 23.9 Å². The molecule has 6 nitrogen and oxygen atoms in total. The summed E-state index contributed by atoms with van der Waals surface area (Å²) in [4.78, 5) is 22.9. The Labute approximate surface area is 136 Å². The predicted octanol–water partition coefficient (Wildman–Crippen LogP) is 1.42. The van der Waals surface area contributed by atoms with Gasteiger partial charge in [0.05, 0.1) is 18.6 Å². The van der Waals surface area contributed by atoms with Crippen LogP contribution in [0.15, 0.2) is 12.2 Å². The number of esters is 1. The van der Waals surface area contributed by atoms with Crippen molar-refractivity contribution in [2.24, 2.45) is 5.92 Å². The number of hydrogen-bond donors (Lipinski definition) is 0. The molecule has 2 aliphatic heterocycles. The maximum absolute atomic E-state index is 12.2. The van der Waals surface area contributed by atoms with Crippen molar-refractivity contribution in [1.82, 2.24) is 0 Å². The Balaban J connectivity index is 1.61. The van der Waals surface area contributed by atoms with Crippen molar-refractivity contribution in [3.8, 4) is 0 Å². The predicted molar refractivity (Wildman–Crippen MR) is 80.9 cm³/mol. The van der Waals surface area contributed by atoms with Gasteiger partial charge < -0.3 is 18.9 Å². The summed E-state index contributed by atoms with van der Waals surface area (Å²) < 4.78 is 22.0. The standard InChI is InChI=1S/C17H24O6/c1-11(18)21-9-5-4-6-13-16(2,23-13)15-14(20-3)12(19)7-8-17(15)10-22-17/h4-5,13-15H,6-10H2,1-3H3/t13-,14-,15-,16?,17+/m1/s1. The van der Waals surface area contributed by atoms with Crippen LogP contribution in [0.3, 0.4) is 0 Å². The van der Waals surface area contributed by atoms with Crippen LogP contribution >= 0.6 is 0 Å². The molecule has 0 aromatic heterocycles. The van der Waals surface area contributed by atoms with E-state index in [2.05, 4.69) is 0 Å². The summed E-state index contributed by atoms with van der Waals surface area (Å²) in [5.74, 6) is -0.216. The van der Waals surface area contributed by atoms with E-state index in [-0.39, 0.29) is 36.0 Å². The van der Waals surface area contributed by atoms with Crippen molar-refractivity contribution < 1.29 is 28.5 Å². The minimum absolute atomic E-state index is 0.0331. The van der Waals surface area contributed by atoms with Gasteiger partial charge in [0.2, 0.25) is 0 Å². The highest BCUT2D eigenvalue weighted by Gasteiger charge is 2.71. The van der Waals surface area contributed by atoms with Gasteiger partial charge >= 0.3 is 5.97 Å². The van der Waals surface area contributed by atoms with Gasteiger partial charge in [-0.1, -0.05) is 12.2 Å². The van der Waals surface area contributed by atoms with E-state index < -0.39 is 11.7 Å². The molecule has 1 spiro atoms. The lowest BCUT2D eigenvalue weighted by Gasteiger charge is -2.37. The maximum Gasteiger partial charge on any atom is 0.302 e. The number of rotatable bonds is 6.